The topological polar surface area (TPSA) is 89.4 Å². The smallest absolute Gasteiger partial charge is 0.290 e. The van der Waals surface area contributed by atoms with Crippen molar-refractivity contribution in [3.8, 4) is 17.1 Å². The number of nitrogens with one attached hydrogen (secondary N) is 1. The highest BCUT2D eigenvalue weighted by Gasteiger charge is 2.25. The first-order valence-corrected chi connectivity index (χ1v) is 6.15. The van der Waals surface area contributed by atoms with Crippen molar-refractivity contribution < 1.29 is 9.18 Å². The summed E-state index contributed by atoms with van der Waals surface area (Å²) in [4.78, 5) is 19.5. The Morgan fingerprint density at radius 1 is 1.33 bits per heavy atom. The quantitative estimate of drug-likeness (QED) is 0.522. The van der Waals surface area contributed by atoms with E-state index < -0.39 is 5.91 Å². The Bertz CT molecular complexity index is 881. The molecule has 1 radical (unpaired) electrons. The lowest BCUT2D eigenvalue weighted by Gasteiger charge is -2.08. The summed E-state index contributed by atoms with van der Waals surface area (Å²) in [5.74, 6) is -0.740. The van der Waals surface area contributed by atoms with E-state index in [-0.39, 0.29) is 18.1 Å². The number of hydrogen-bond donors (Lipinski definition) is 0. The van der Waals surface area contributed by atoms with E-state index in [4.69, 9.17) is 5.73 Å². The Hall–Kier alpha value is -3.03. The summed E-state index contributed by atoms with van der Waals surface area (Å²) in [7, 11) is 0. The van der Waals surface area contributed by atoms with Gasteiger partial charge in [-0.05, 0) is 18.2 Å². The number of hydrogen-bond acceptors (Lipinski definition) is 4. The van der Waals surface area contributed by atoms with E-state index in [0.717, 1.165) is 0 Å². The molecule has 1 aromatic carbocycles. The molecule has 0 unspecified atom stereocenters. The monoisotopic (exact) mass is 283 g/mol. The maximum absolute atomic E-state index is 13.6. The van der Waals surface area contributed by atoms with Crippen LogP contribution in [0.4, 0.5) is 4.39 Å². The van der Waals surface area contributed by atoms with E-state index >= 15 is 0 Å². The van der Waals surface area contributed by atoms with Crippen molar-refractivity contribution in [2.24, 2.45) is 0 Å². The maximum atomic E-state index is 13.6. The molecule has 1 amide bonds. The van der Waals surface area contributed by atoms with Crippen molar-refractivity contribution in [1.29, 1.82) is 0 Å². The zero-order valence-corrected chi connectivity index (χ0v) is 10.6. The summed E-state index contributed by atoms with van der Waals surface area (Å²) < 4.78 is 16.8. The number of amides is 1. The molecule has 21 heavy (non-hydrogen) atoms. The molecule has 0 saturated heterocycles. The average molecular weight is 283 g/mol. The summed E-state index contributed by atoms with van der Waals surface area (Å²) in [6, 6.07) is 4.29. The van der Waals surface area contributed by atoms with Gasteiger partial charge in [0.25, 0.3) is 5.91 Å². The van der Waals surface area contributed by atoms with E-state index in [1.165, 1.54) is 24.8 Å². The van der Waals surface area contributed by atoms with Crippen LogP contribution in [0.5, 0.6) is 0 Å². The van der Waals surface area contributed by atoms with Gasteiger partial charge < -0.3 is 0 Å². The number of halogens is 1. The minimum atomic E-state index is -0.865. The first-order valence-electron chi connectivity index (χ1n) is 6.15. The molecule has 1 aliphatic heterocycles. The summed E-state index contributed by atoms with van der Waals surface area (Å²) in [6.07, 6.45) is 2.83. The SMILES string of the molecule is [NH]C(=O)c1ncn2c1Cn1ncnc1-c1cc(F)ccc1-2. The molecule has 3 aromatic rings. The van der Waals surface area contributed by atoms with Gasteiger partial charge in [-0.3, -0.25) is 15.1 Å². The zero-order valence-electron chi connectivity index (χ0n) is 10.6. The fourth-order valence-electron chi connectivity index (χ4n) is 2.55. The highest BCUT2D eigenvalue weighted by atomic mass is 19.1. The fourth-order valence-corrected chi connectivity index (χ4v) is 2.55. The first-order chi connectivity index (χ1) is 10.1. The van der Waals surface area contributed by atoms with E-state index in [9.17, 15) is 9.18 Å². The Morgan fingerprint density at radius 2 is 2.19 bits per heavy atom. The standard InChI is InChI=1S/C13H8FN6O/c14-7-1-2-9-8(3-7)13-16-5-18-20(13)4-10-11(12(15)21)17-6-19(9)10/h1-3,5-6,15H,4H2. The third kappa shape index (κ3) is 1.59. The molecule has 0 saturated carbocycles. The summed E-state index contributed by atoms with van der Waals surface area (Å²) in [6.45, 7) is 0.242. The molecule has 7 nitrogen and oxygen atoms in total. The zero-order chi connectivity index (χ0) is 14.6. The maximum Gasteiger partial charge on any atom is 0.290 e. The molecule has 0 spiro atoms. The van der Waals surface area contributed by atoms with Gasteiger partial charge in [0, 0.05) is 5.56 Å². The number of rotatable bonds is 1. The number of aromatic nitrogens is 5. The number of carbonyl (C=O) groups excluding carboxylic acids is 1. The fraction of sp³-hybridized carbons (Fsp3) is 0.0769. The minimum Gasteiger partial charge on any atom is -0.300 e. The Labute approximate surface area is 117 Å². The molecule has 1 N–H and O–H groups in total. The van der Waals surface area contributed by atoms with E-state index in [2.05, 4.69) is 15.1 Å². The largest absolute Gasteiger partial charge is 0.300 e. The minimum absolute atomic E-state index is 0.0635. The van der Waals surface area contributed by atoms with Crippen molar-refractivity contribution in [2.45, 2.75) is 6.54 Å². The second-order valence-electron chi connectivity index (χ2n) is 4.64. The van der Waals surface area contributed by atoms with Crippen molar-refractivity contribution in [2.75, 3.05) is 0 Å². The number of carbonyl (C=O) groups is 1. The second kappa shape index (κ2) is 3.98. The van der Waals surface area contributed by atoms with Gasteiger partial charge in [-0.1, -0.05) is 0 Å². The molecule has 103 valence electrons. The van der Waals surface area contributed by atoms with Crippen LogP contribution in [0.1, 0.15) is 16.2 Å². The molecule has 1 aliphatic rings. The van der Waals surface area contributed by atoms with Gasteiger partial charge in [-0.25, -0.2) is 19.0 Å². The van der Waals surface area contributed by atoms with Crippen LogP contribution in [0.15, 0.2) is 30.9 Å². The molecular formula is C13H8FN6O. The van der Waals surface area contributed by atoms with Gasteiger partial charge in [-0.15, -0.1) is 0 Å². The molecule has 8 heteroatoms. The van der Waals surface area contributed by atoms with Crippen LogP contribution in [0.25, 0.3) is 17.1 Å². The molecule has 0 fully saturated rings. The summed E-state index contributed by atoms with van der Waals surface area (Å²) >= 11 is 0. The number of benzene rings is 1. The van der Waals surface area contributed by atoms with Crippen LogP contribution in [0.2, 0.25) is 0 Å². The molecule has 2 aromatic heterocycles. The van der Waals surface area contributed by atoms with Gasteiger partial charge in [-0.2, -0.15) is 5.10 Å². The molecule has 0 aliphatic carbocycles. The van der Waals surface area contributed by atoms with E-state index in [1.54, 1.807) is 15.3 Å². The molecule has 0 bridgehead atoms. The molecule has 3 heterocycles. The number of imidazole rings is 1. The Balaban J connectivity index is 2.09. The lowest BCUT2D eigenvalue weighted by molar-refractivity contribution is 0.0986. The highest BCUT2D eigenvalue weighted by Crippen LogP contribution is 2.31. The Kier molecular flexibility index (Phi) is 2.23. The summed E-state index contributed by atoms with van der Waals surface area (Å²) in [5, 5.41) is 4.09. The average Bonchev–Trinajstić information content (AvgIpc) is 3.04. The molecular weight excluding hydrogens is 275 g/mol. The normalized spacial score (nSPS) is 12.2. The Morgan fingerprint density at radius 3 is 3.00 bits per heavy atom. The highest BCUT2D eigenvalue weighted by molar-refractivity contribution is 5.91. The predicted octanol–water partition coefficient (Wildman–Crippen LogP) is 1.05. The van der Waals surface area contributed by atoms with Crippen LogP contribution in [0, 0.1) is 5.82 Å². The van der Waals surface area contributed by atoms with E-state index in [0.29, 0.717) is 22.8 Å². The van der Waals surface area contributed by atoms with Crippen LogP contribution >= 0.6 is 0 Å². The van der Waals surface area contributed by atoms with Crippen molar-refractivity contribution >= 4 is 5.91 Å². The van der Waals surface area contributed by atoms with Gasteiger partial charge in [0.1, 0.15) is 18.5 Å². The lowest BCUT2D eigenvalue weighted by atomic mass is 10.1. The lowest BCUT2D eigenvalue weighted by Crippen LogP contribution is -2.10. The van der Waals surface area contributed by atoms with Gasteiger partial charge in [0.15, 0.2) is 11.5 Å². The van der Waals surface area contributed by atoms with Crippen LogP contribution in [0.3, 0.4) is 0 Å². The van der Waals surface area contributed by atoms with Crippen LogP contribution in [-0.2, 0) is 6.54 Å². The van der Waals surface area contributed by atoms with Gasteiger partial charge >= 0.3 is 0 Å². The van der Waals surface area contributed by atoms with Crippen molar-refractivity contribution in [1.82, 2.24) is 30.0 Å². The van der Waals surface area contributed by atoms with Crippen LogP contribution < -0.4 is 5.73 Å². The number of nitrogens with zero attached hydrogens (tertiary/aromatic N) is 5. The third-order valence-corrected chi connectivity index (χ3v) is 3.46. The van der Waals surface area contributed by atoms with Gasteiger partial charge in [0.05, 0.1) is 17.9 Å². The van der Waals surface area contributed by atoms with E-state index in [1.807, 2.05) is 0 Å². The first kappa shape index (κ1) is 11.8. The molecule has 4 rings (SSSR count). The number of fused-ring (bicyclic) bond motifs is 5. The van der Waals surface area contributed by atoms with Gasteiger partial charge in [0.2, 0.25) is 0 Å². The molecule has 0 atom stereocenters. The van der Waals surface area contributed by atoms with Crippen LogP contribution in [-0.4, -0.2) is 30.2 Å². The third-order valence-electron chi connectivity index (χ3n) is 3.46. The predicted molar refractivity (Wildman–Crippen MR) is 69.1 cm³/mol. The second-order valence-corrected chi connectivity index (χ2v) is 4.64. The van der Waals surface area contributed by atoms with Crippen molar-refractivity contribution in [3.63, 3.8) is 0 Å². The van der Waals surface area contributed by atoms with Crippen molar-refractivity contribution in [3.05, 3.63) is 48.1 Å². The summed E-state index contributed by atoms with van der Waals surface area (Å²) in [5.41, 5.74) is 9.10.